The molecular formula is C35H32N2O4S. The Labute approximate surface area is 249 Å². The van der Waals surface area contributed by atoms with E-state index in [0.717, 1.165) is 22.3 Å². The van der Waals surface area contributed by atoms with Crippen LogP contribution in [0.15, 0.2) is 132 Å². The number of fused-ring (bicyclic) bond motifs is 1. The predicted octanol–water partition coefficient (Wildman–Crippen LogP) is 5.62. The predicted molar refractivity (Wildman–Crippen MR) is 163 cm³/mol. The lowest BCUT2D eigenvalue weighted by molar-refractivity contribution is -0.150. The molecular weight excluding hydrogens is 544 g/mol. The molecule has 6 nitrogen and oxygen atoms in total. The van der Waals surface area contributed by atoms with Crippen LogP contribution >= 0.6 is 0 Å². The van der Waals surface area contributed by atoms with Crippen LogP contribution in [0, 0.1) is 0 Å². The van der Waals surface area contributed by atoms with E-state index in [9.17, 15) is 14.1 Å². The average Bonchev–Trinajstić information content (AvgIpc) is 3.36. The van der Waals surface area contributed by atoms with Gasteiger partial charge in [0.2, 0.25) is 5.91 Å². The Balaban J connectivity index is 1.37. The van der Waals surface area contributed by atoms with Crippen molar-refractivity contribution < 1.29 is 18.9 Å². The molecule has 2 aliphatic heterocycles. The second-order valence-corrected chi connectivity index (χ2v) is 12.4. The molecule has 4 aromatic carbocycles. The van der Waals surface area contributed by atoms with Gasteiger partial charge in [-0.15, -0.1) is 0 Å². The van der Waals surface area contributed by atoms with Gasteiger partial charge in [0.1, 0.15) is 6.61 Å². The fraction of sp³-hybridized carbons (Fsp3) is 0.200. The molecule has 2 heterocycles. The van der Waals surface area contributed by atoms with Crippen molar-refractivity contribution in [3.8, 4) is 0 Å². The Bertz CT molecular complexity index is 1480. The summed E-state index contributed by atoms with van der Waals surface area (Å²) in [5, 5.41) is 3.15. The topological polar surface area (TPSA) is 81.7 Å². The number of rotatable bonds is 10. The second-order valence-electron chi connectivity index (χ2n) is 10.6. The van der Waals surface area contributed by atoms with Crippen LogP contribution < -0.4 is 5.32 Å². The number of hydrogen-bond acceptors (Lipinski definition) is 5. The molecule has 0 aromatic heterocycles. The minimum absolute atomic E-state index is 0.0721. The monoisotopic (exact) mass is 576 g/mol. The van der Waals surface area contributed by atoms with E-state index in [0.29, 0.717) is 17.7 Å². The van der Waals surface area contributed by atoms with Gasteiger partial charge in [-0.3, -0.25) is 15.0 Å². The third-order valence-electron chi connectivity index (χ3n) is 7.98. The standard InChI is InChI=1S/C35H32N2O4S/c1-25(36-35(27-16-8-3-9-17-27,28-18-10-4-11-19-28)29-20-12-5-13-21-29)42(40)31-22-30-23-32(38)37(30)33(31)34(39)41-24-26-14-6-2-7-15-26/h2-21,25,30,36H,22-24H2,1H3. The zero-order valence-electron chi connectivity index (χ0n) is 23.3. The lowest BCUT2D eigenvalue weighted by Gasteiger charge is -2.39. The highest BCUT2D eigenvalue weighted by molar-refractivity contribution is 7.95. The maximum absolute atomic E-state index is 14.4. The van der Waals surface area contributed by atoms with Crippen LogP contribution in [0.3, 0.4) is 0 Å². The fourth-order valence-corrected chi connectivity index (χ4v) is 7.40. The third kappa shape index (κ3) is 5.15. The summed E-state index contributed by atoms with van der Waals surface area (Å²) in [5.74, 6) is -0.767. The maximum Gasteiger partial charge on any atom is 0.360 e. The van der Waals surface area contributed by atoms with Gasteiger partial charge >= 0.3 is 5.97 Å². The van der Waals surface area contributed by atoms with Crippen LogP contribution in [0.1, 0.15) is 42.0 Å². The zero-order valence-corrected chi connectivity index (χ0v) is 24.1. The Morgan fingerprint density at radius 3 is 1.81 bits per heavy atom. The molecule has 0 radical (unpaired) electrons. The summed E-state index contributed by atoms with van der Waals surface area (Å²) in [4.78, 5) is 27.9. The molecule has 42 heavy (non-hydrogen) atoms. The van der Waals surface area contributed by atoms with Crippen LogP contribution in [0.4, 0.5) is 0 Å². The van der Waals surface area contributed by atoms with Crippen molar-refractivity contribution in [2.75, 3.05) is 0 Å². The lowest BCUT2D eigenvalue weighted by atomic mass is 9.77. The number of benzene rings is 4. The highest BCUT2D eigenvalue weighted by atomic mass is 32.2. The third-order valence-corrected chi connectivity index (χ3v) is 9.59. The van der Waals surface area contributed by atoms with Gasteiger partial charge < -0.3 is 9.29 Å². The van der Waals surface area contributed by atoms with Crippen LogP contribution in [-0.4, -0.2) is 32.7 Å². The first-order chi connectivity index (χ1) is 20.5. The van der Waals surface area contributed by atoms with E-state index in [1.807, 2.05) is 91.9 Å². The van der Waals surface area contributed by atoms with Crippen molar-refractivity contribution >= 4 is 23.1 Å². The largest absolute Gasteiger partial charge is 0.610 e. The summed E-state index contributed by atoms with van der Waals surface area (Å²) in [5.41, 5.74) is 3.12. The number of nitrogens with one attached hydrogen (secondary N) is 1. The number of hydrogen-bond donors (Lipinski definition) is 1. The molecule has 2 aliphatic rings. The SMILES string of the molecule is CC(NC(c1ccccc1)(c1ccccc1)c1ccccc1)[S+]([O-])C1=C(C(=O)OCc2ccccc2)N2C(=O)CC2C1. The van der Waals surface area contributed by atoms with Crippen LogP contribution in [0.5, 0.6) is 0 Å². The van der Waals surface area contributed by atoms with Crippen molar-refractivity contribution in [2.24, 2.45) is 0 Å². The Hall–Kier alpha value is -4.17. The molecule has 3 atom stereocenters. The highest BCUT2D eigenvalue weighted by Gasteiger charge is 2.53. The molecule has 6 rings (SSSR count). The molecule has 0 bridgehead atoms. The summed E-state index contributed by atoms with van der Waals surface area (Å²) in [6.07, 6.45) is 0.717. The van der Waals surface area contributed by atoms with Gasteiger partial charge in [0.05, 0.1) is 11.6 Å². The van der Waals surface area contributed by atoms with Crippen molar-refractivity contribution in [3.05, 3.63) is 154 Å². The van der Waals surface area contributed by atoms with Gasteiger partial charge in [-0.25, -0.2) is 4.79 Å². The Morgan fingerprint density at radius 2 is 1.33 bits per heavy atom. The summed E-state index contributed by atoms with van der Waals surface area (Å²) in [6.45, 7) is 1.94. The minimum atomic E-state index is -1.65. The summed E-state index contributed by atoms with van der Waals surface area (Å²) >= 11 is -1.65. The first-order valence-electron chi connectivity index (χ1n) is 14.1. The quantitative estimate of drug-likeness (QED) is 0.115. The minimum Gasteiger partial charge on any atom is -0.610 e. The normalized spacial score (nSPS) is 17.8. The van der Waals surface area contributed by atoms with Crippen LogP contribution in [0.25, 0.3) is 0 Å². The highest BCUT2D eigenvalue weighted by Crippen LogP contribution is 2.43. The number of carbonyl (C=O) groups is 2. The van der Waals surface area contributed by atoms with Crippen molar-refractivity contribution in [1.82, 2.24) is 10.2 Å². The number of amides is 1. The number of ether oxygens (including phenoxy) is 1. The first-order valence-corrected chi connectivity index (χ1v) is 15.3. The van der Waals surface area contributed by atoms with Gasteiger partial charge in [-0.05, 0) is 29.2 Å². The summed E-state index contributed by atoms with van der Waals surface area (Å²) in [6, 6.07) is 39.5. The van der Waals surface area contributed by atoms with E-state index in [1.54, 1.807) is 0 Å². The number of β-lactam (4-membered cyclic amide) rings is 1. The van der Waals surface area contributed by atoms with E-state index >= 15 is 0 Å². The van der Waals surface area contributed by atoms with E-state index in [1.165, 1.54) is 4.90 Å². The molecule has 1 fully saturated rings. The maximum atomic E-state index is 14.4. The summed E-state index contributed by atoms with van der Waals surface area (Å²) < 4.78 is 20.0. The molecule has 4 aromatic rings. The van der Waals surface area contributed by atoms with E-state index in [4.69, 9.17) is 4.74 Å². The van der Waals surface area contributed by atoms with Gasteiger partial charge in [0.15, 0.2) is 16.0 Å². The Kier molecular flexibility index (Phi) is 7.98. The van der Waals surface area contributed by atoms with Gasteiger partial charge in [0, 0.05) is 24.0 Å². The van der Waals surface area contributed by atoms with E-state index in [2.05, 4.69) is 41.7 Å². The molecule has 3 unspecified atom stereocenters. The number of nitrogens with zero attached hydrogens (tertiary/aromatic N) is 1. The molecule has 1 saturated heterocycles. The molecule has 212 valence electrons. The Morgan fingerprint density at radius 1 is 0.857 bits per heavy atom. The molecule has 7 heteroatoms. The molecule has 0 saturated carbocycles. The fourth-order valence-electron chi connectivity index (χ4n) is 5.97. The molecule has 1 N–H and O–H groups in total. The average molecular weight is 577 g/mol. The van der Waals surface area contributed by atoms with Crippen LogP contribution in [-0.2, 0) is 37.6 Å². The summed E-state index contributed by atoms with van der Waals surface area (Å²) in [7, 11) is 0. The smallest absolute Gasteiger partial charge is 0.360 e. The lowest BCUT2D eigenvalue weighted by Crippen LogP contribution is -2.51. The molecule has 0 aliphatic carbocycles. The van der Waals surface area contributed by atoms with Crippen molar-refractivity contribution in [3.63, 3.8) is 0 Å². The number of carbonyl (C=O) groups excluding carboxylic acids is 2. The van der Waals surface area contributed by atoms with Gasteiger partial charge in [-0.2, -0.15) is 0 Å². The van der Waals surface area contributed by atoms with Gasteiger partial charge in [-0.1, -0.05) is 121 Å². The van der Waals surface area contributed by atoms with Crippen LogP contribution in [0.2, 0.25) is 0 Å². The second kappa shape index (κ2) is 12.0. The zero-order chi connectivity index (χ0) is 29.1. The van der Waals surface area contributed by atoms with Gasteiger partial charge in [0.25, 0.3) is 0 Å². The molecule has 0 spiro atoms. The van der Waals surface area contributed by atoms with E-state index in [-0.39, 0.29) is 24.3 Å². The first kappa shape index (κ1) is 28.0. The van der Waals surface area contributed by atoms with Crippen molar-refractivity contribution in [1.29, 1.82) is 0 Å². The number of esters is 1. The van der Waals surface area contributed by atoms with E-state index < -0.39 is 28.1 Å². The molecule has 1 amide bonds. The van der Waals surface area contributed by atoms with Crippen molar-refractivity contribution in [2.45, 2.75) is 43.3 Å².